The maximum Gasteiger partial charge on any atom is 0.407 e. The molecule has 2 heterocycles. The lowest BCUT2D eigenvalue weighted by atomic mass is 10.1. The molecule has 1 fully saturated rings. The van der Waals surface area contributed by atoms with Gasteiger partial charge >= 0.3 is 6.09 Å². The van der Waals surface area contributed by atoms with Crippen molar-refractivity contribution in [2.24, 2.45) is 0 Å². The molecule has 0 bridgehead atoms. The number of carbonyl (C=O) groups excluding carboxylic acids is 2. The fourth-order valence-corrected chi connectivity index (χ4v) is 3.27. The van der Waals surface area contributed by atoms with Crippen molar-refractivity contribution < 1.29 is 14.3 Å². The maximum atomic E-state index is 12.6. The largest absolute Gasteiger partial charge is 0.444 e. The lowest BCUT2D eigenvalue weighted by molar-refractivity contribution is -0.132. The van der Waals surface area contributed by atoms with Crippen molar-refractivity contribution in [2.75, 3.05) is 13.1 Å². The lowest BCUT2D eigenvalue weighted by Gasteiger charge is -2.33. The first-order valence-electron chi connectivity index (χ1n) is 9.13. The van der Waals surface area contributed by atoms with Crippen molar-refractivity contribution in [2.45, 2.75) is 51.8 Å². The molecule has 26 heavy (non-hydrogen) atoms. The SMILES string of the molecule is CC(C)(C)OC(=O)NC1CCN(C(=O)Cn2ccc3ccccc32)CC1. The van der Waals surface area contributed by atoms with Gasteiger partial charge in [-0.15, -0.1) is 0 Å². The molecule has 1 aromatic carbocycles. The van der Waals surface area contributed by atoms with Gasteiger partial charge in [0, 0.05) is 30.8 Å². The van der Waals surface area contributed by atoms with E-state index in [-0.39, 0.29) is 18.0 Å². The Morgan fingerprint density at radius 2 is 1.85 bits per heavy atom. The standard InChI is InChI=1S/C20H27N3O3/c1-20(2,3)26-19(25)21-16-9-12-22(13-10-16)18(24)14-23-11-8-15-6-4-5-7-17(15)23/h4-8,11,16H,9-10,12-14H2,1-3H3,(H,21,25). The van der Waals surface area contributed by atoms with E-state index >= 15 is 0 Å². The van der Waals surface area contributed by atoms with Crippen LogP contribution in [0.15, 0.2) is 36.5 Å². The van der Waals surface area contributed by atoms with E-state index in [0.717, 1.165) is 23.7 Å². The number of amides is 2. The van der Waals surface area contributed by atoms with Gasteiger partial charge in [0.15, 0.2) is 0 Å². The summed E-state index contributed by atoms with van der Waals surface area (Å²) in [6.45, 7) is 7.19. The van der Waals surface area contributed by atoms with E-state index < -0.39 is 5.60 Å². The summed E-state index contributed by atoms with van der Waals surface area (Å²) in [6.07, 6.45) is 3.06. The van der Waals surface area contributed by atoms with Crippen LogP contribution in [0, 0.1) is 0 Å². The van der Waals surface area contributed by atoms with Crippen LogP contribution in [-0.2, 0) is 16.1 Å². The topological polar surface area (TPSA) is 63.6 Å². The number of para-hydroxylation sites is 1. The predicted octanol–water partition coefficient (Wildman–Crippen LogP) is 3.16. The van der Waals surface area contributed by atoms with E-state index in [4.69, 9.17) is 4.74 Å². The fourth-order valence-electron chi connectivity index (χ4n) is 3.27. The van der Waals surface area contributed by atoms with E-state index in [2.05, 4.69) is 5.32 Å². The normalized spacial score (nSPS) is 15.9. The highest BCUT2D eigenvalue weighted by Gasteiger charge is 2.25. The number of rotatable bonds is 3. The molecule has 1 N–H and O–H groups in total. The number of hydrogen-bond acceptors (Lipinski definition) is 3. The molecule has 1 aromatic heterocycles. The van der Waals surface area contributed by atoms with Crippen molar-refractivity contribution in [3.63, 3.8) is 0 Å². The third-order valence-electron chi connectivity index (χ3n) is 4.55. The van der Waals surface area contributed by atoms with E-state index in [1.54, 1.807) is 0 Å². The van der Waals surface area contributed by atoms with Gasteiger partial charge in [-0.05, 0) is 51.1 Å². The van der Waals surface area contributed by atoms with Crippen LogP contribution in [-0.4, -0.2) is 46.2 Å². The van der Waals surface area contributed by atoms with Gasteiger partial charge in [0.25, 0.3) is 0 Å². The van der Waals surface area contributed by atoms with Gasteiger partial charge in [-0.25, -0.2) is 4.79 Å². The van der Waals surface area contributed by atoms with E-state index in [1.165, 1.54) is 0 Å². The third kappa shape index (κ3) is 4.56. The van der Waals surface area contributed by atoms with Gasteiger partial charge in [-0.2, -0.15) is 0 Å². The molecule has 0 unspecified atom stereocenters. The van der Waals surface area contributed by atoms with Gasteiger partial charge in [0.05, 0.1) is 0 Å². The third-order valence-corrected chi connectivity index (χ3v) is 4.55. The maximum absolute atomic E-state index is 12.6. The summed E-state index contributed by atoms with van der Waals surface area (Å²) in [7, 11) is 0. The molecular formula is C20H27N3O3. The number of fused-ring (bicyclic) bond motifs is 1. The molecule has 0 radical (unpaired) electrons. The van der Waals surface area contributed by atoms with Crippen molar-refractivity contribution in [1.82, 2.24) is 14.8 Å². The van der Waals surface area contributed by atoms with Crippen LogP contribution in [0.25, 0.3) is 10.9 Å². The minimum absolute atomic E-state index is 0.0568. The number of nitrogens with zero attached hydrogens (tertiary/aromatic N) is 2. The van der Waals surface area contributed by atoms with Crippen molar-refractivity contribution in [3.8, 4) is 0 Å². The van der Waals surface area contributed by atoms with Crippen molar-refractivity contribution >= 4 is 22.9 Å². The molecule has 140 valence electrons. The summed E-state index contributed by atoms with van der Waals surface area (Å²) >= 11 is 0. The molecule has 0 spiro atoms. The first kappa shape index (κ1) is 18.3. The highest BCUT2D eigenvalue weighted by atomic mass is 16.6. The molecule has 0 atom stereocenters. The van der Waals surface area contributed by atoms with Crippen LogP contribution >= 0.6 is 0 Å². The van der Waals surface area contributed by atoms with Crippen molar-refractivity contribution in [1.29, 1.82) is 0 Å². The Bertz CT molecular complexity index is 783. The van der Waals surface area contributed by atoms with E-state index in [1.807, 2.05) is 66.8 Å². The Hall–Kier alpha value is -2.50. The highest BCUT2D eigenvalue weighted by molar-refractivity contribution is 5.83. The number of aromatic nitrogens is 1. The first-order valence-corrected chi connectivity index (χ1v) is 9.13. The minimum Gasteiger partial charge on any atom is -0.444 e. The Kier molecular flexibility index (Phi) is 5.20. The Morgan fingerprint density at radius 3 is 2.54 bits per heavy atom. The summed E-state index contributed by atoms with van der Waals surface area (Å²) in [4.78, 5) is 26.4. The molecule has 1 aliphatic rings. The van der Waals surface area contributed by atoms with Crippen molar-refractivity contribution in [3.05, 3.63) is 36.5 Å². The molecule has 2 aromatic rings. The molecule has 0 saturated carbocycles. The number of benzene rings is 1. The zero-order valence-electron chi connectivity index (χ0n) is 15.7. The number of nitrogens with one attached hydrogen (secondary N) is 1. The second kappa shape index (κ2) is 7.40. The van der Waals surface area contributed by atoms with Gasteiger partial charge in [-0.3, -0.25) is 4.79 Å². The summed E-state index contributed by atoms with van der Waals surface area (Å²) in [5, 5.41) is 4.04. The monoisotopic (exact) mass is 357 g/mol. The Balaban J connectivity index is 1.50. The zero-order chi connectivity index (χ0) is 18.7. The number of likely N-dealkylation sites (tertiary alicyclic amines) is 1. The van der Waals surface area contributed by atoms with Gasteiger partial charge < -0.3 is 19.5 Å². The molecule has 6 heteroatoms. The molecule has 3 rings (SSSR count). The minimum atomic E-state index is -0.500. The average molecular weight is 357 g/mol. The summed E-state index contributed by atoms with van der Waals surface area (Å²) in [5.41, 5.74) is 0.572. The van der Waals surface area contributed by atoms with Crippen LogP contribution in [0.1, 0.15) is 33.6 Å². The Labute approximate surface area is 154 Å². The van der Waals surface area contributed by atoms with E-state index in [9.17, 15) is 9.59 Å². The Morgan fingerprint density at radius 1 is 1.15 bits per heavy atom. The second-order valence-corrected chi connectivity index (χ2v) is 7.80. The molecule has 2 amide bonds. The predicted molar refractivity (Wildman–Crippen MR) is 101 cm³/mol. The van der Waals surface area contributed by atoms with Gasteiger partial charge in [0.2, 0.25) is 5.91 Å². The van der Waals surface area contributed by atoms with Crippen LogP contribution < -0.4 is 5.32 Å². The number of carbonyl (C=O) groups is 2. The van der Waals surface area contributed by atoms with Crippen LogP contribution in [0.5, 0.6) is 0 Å². The number of piperidine rings is 1. The zero-order valence-corrected chi connectivity index (χ0v) is 15.7. The van der Waals surface area contributed by atoms with Gasteiger partial charge in [-0.1, -0.05) is 18.2 Å². The quantitative estimate of drug-likeness (QED) is 0.918. The summed E-state index contributed by atoms with van der Waals surface area (Å²) < 4.78 is 7.28. The first-order chi connectivity index (χ1) is 12.3. The fraction of sp³-hybridized carbons (Fsp3) is 0.500. The molecular weight excluding hydrogens is 330 g/mol. The molecule has 1 saturated heterocycles. The highest BCUT2D eigenvalue weighted by Crippen LogP contribution is 2.17. The van der Waals surface area contributed by atoms with Crippen LogP contribution in [0.2, 0.25) is 0 Å². The molecule has 1 aliphatic heterocycles. The number of ether oxygens (including phenoxy) is 1. The number of hydrogen-bond donors (Lipinski definition) is 1. The van der Waals surface area contributed by atoms with Gasteiger partial charge in [0.1, 0.15) is 12.1 Å². The average Bonchev–Trinajstić information content (AvgIpc) is 2.97. The summed E-state index contributed by atoms with van der Waals surface area (Å²) in [5.74, 6) is 0.113. The van der Waals surface area contributed by atoms with E-state index in [0.29, 0.717) is 19.6 Å². The smallest absolute Gasteiger partial charge is 0.407 e. The molecule has 0 aliphatic carbocycles. The van der Waals surface area contributed by atoms with Crippen LogP contribution in [0.4, 0.5) is 4.79 Å². The lowest BCUT2D eigenvalue weighted by Crippen LogP contribution is -2.48. The number of alkyl carbamates (subject to hydrolysis) is 1. The summed E-state index contributed by atoms with van der Waals surface area (Å²) in [6, 6.07) is 10.1. The second-order valence-electron chi connectivity index (χ2n) is 7.80. The molecule has 6 nitrogen and oxygen atoms in total. The van der Waals surface area contributed by atoms with Crippen LogP contribution in [0.3, 0.4) is 0 Å².